The largest absolute Gasteiger partial charge is 0.309 e. The molecule has 2 aromatic rings. The maximum absolute atomic E-state index is 11.7. The van der Waals surface area contributed by atoms with Gasteiger partial charge in [-0.2, -0.15) is 0 Å². The summed E-state index contributed by atoms with van der Waals surface area (Å²) in [5.74, 6) is 0.506. The summed E-state index contributed by atoms with van der Waals surface area (Å²) < 4.78 is 1.49. The summed E-state index contributed by atoms with van der Waals surface area (Å²) in [5.41, 5.74) is 1.25. The van der Waals surface area contributed by atoms with Gasteiger partial charge in [0, 0.05) is 16.7 Å². The first-order valence-corrected chi connectivity index (χ1v) is 6.97. The van der Waals surface area contributed by atoms with Crippen molar-refractivity contribution < 1.29 is 14.7 Å². The van der Waals surface area contributed by atoms with E-state index in [9.17, 15) is 10.0 Å². The van der Waals surface area contributed by atoms with Gasteiger partial charge >= 0.3 is 0 Å². The van der Waals surface area contributed by atoms with Crippen molar-refractivity contribution in [2.75, 3.05) is 5.32 Å². The minimum Gasteiger partial charge on any atom is -0.309 e. The number of halogens is 1. The molecular weight excluding hydrogens is 324 g/mol. The van der Waals surface area contributed by atoms with Crippen LogP contribution < -0.4 is 10.0 Å². The number of hydrogen-bond acceptors (Lipinski definition) is 4. The Morgan fingerprint density at radius 2 is 2.30 bits per heavy atom. The number of amides is 1. The third-order valence-electron chi connectivity index (χ3n) is 2.99. The molecule has 1 amide bonds. The van der Waals surface area contributed by atoms with E-state index in [0.29, 0.717) is 21.7 Å². The van der Waals surface area contributed by atoms with Crippen LogP contribution in [0.1, 0.15) is 12.8 Å². The van der Waals surface area contributed by atoms with Gasteiger partial charge in [0.2, 0.25) is 18.3 Å². The molecule has 102 valence electrons. The highest BCUT2D eigenvalue weighted by molar-refractivity contribution is 9.10. The predicted octanol–water partition coefficient (Wildman–Crippen LogP) is 1.78. The van der Waals surface area contributed by atoms with Gasteiger partial charge in [0.25, 0.3) is 0 Å². The molecule has 0 bridgehead atoms. The molecule has 1 aliphatic carbocycles. The average Bonchev–Trinajstić information content (AvgIpc) is 3.25. The molecule has 0 radical (unpaired) electrons. The van der Waals surface area contributed by atoms with Crippen LogP contribution in [-0.4, -0.2) is 21.1 Å². The molecule has 0 aliphatic heterocycles. The van der Waals surface area contributed by atoms with Crippen molar-refractivity contribution in [2.45, 2.75) is 12.8 Å². The van der Waals surface area contributed by atoms with Gasteiger partial charge in [-0.25, -0.2) is 9.97 Å². The smallest absolute Gasteiger partial charge is 0.231 e. The maximum Gasteiger partial charge on any atom is 0.231 e. The quantitative estimate of drug-likeness (QED) is 0.662. The van der Waals surface area contributed by atoms with Crippen LogP contribution in [0.4, 0.5) is 5.82 Å². The number of pyridine rings is 1. The molecule has 20 heavy (non-hydrogen) atoms. The lowest BCUT2D eigenvalue weighted by Crippen LogP contribution is -2.28. The number of hydrogen-bond donors (Lipinski definition) is 2. The van der Waals surface area contributed by atoms with Crippen LogP contribution in [0.2, 0.25) is 0 Å². The van der Waals surface area contributed by atoms with Crippen LogP contribution in [0.5, 0.6) is 0 Å². The van der Waals surface area contributed by atoms with E-state index in [2.05, 4.69) is 31.2 Å². The first kappa shape index (κ1) is 13.0. The highest BCUT2D eigenvalue weighted by atomic mass is 79.9. The monoisotopic (exact) mass is 335 g/mol. The first-order valence-electron chi connectivity index (χ1n) is 6.18. The fourth-order valence-electron chi connectivity index (χ4n) is 1.80. The zero-order chi connectivity index (χ0) is 14.1. The van der Waals surface area contributed by atoms with Crippen LogP contribution in [0.3, 0.4) is 0 Å². The lowest BCUT2D eigenvalue weighted by molar-refractivity contribution is -0.904. The van der Waals surface area contributed by atoms with Gasteiger partial charge in [-0.15, -0.1) is 0 Å². The van der Waals surface area contributed by atoms with Crippen molar-refractivity contribution in [3.63, 3.8) is 0 Å². The molecule has 7 heteroatoms. The molecule has 1 aliphatic rings. The van der Waals surface area contributed by atoms with Gasteiger partial charge in [-0.3, -0.25) is 10.0 Å². The second-order valence-electron chi connectivity index (χ2n) is 4.63. The standard InChI is InChI=1S/C13H11BrN4O2/c14-12-11(9-2-1-5-18(20)7-9)16-10(6-15-12)17-13(19)8-3-4-8/h1-2,5-8H,3-4H2,(H-,16,17,19,20)/p+1. The van der Waals surface area contributed by atoms with E-state index in [-0.39, 0.29) is 11.8 Å². The molecule has 1 fully saturated rings. The summed E-state index contributed by atoms with van der Waals surface area (Å²) in [6.45, 7) is 0. The molecule has 6 nitrogen and oxygen atoms in total. The first-order chi connectivity index (χ1) is 9.63. The number of anilines is 1. The van der Waals surface area contributed by atoms with Crippen LogP contribution in [-0.2, 0) is 4.79 Å². The van der Waals surface area contributed by atoms with E-state index in [0.717, 1.165) is 17.6 Å². The van der Waals surface area contributed by atoms with Crippen molar-refractivity contribution in [3.05, 3.63) is 35.3 Å². The SMILES string of the molecule is O=C(Nc1cnc(Br)c(-c2ccc[n+](O)c2)n1)C1CC1. The van der Waals surface area contributed by atoms with Crippen LogP contribution in [0.15, 0.2) is 35.3 Å². The number of nitrogens with zero attached hydrogens (tertiary/aromatic N) is 3. The molecule has 2 aromatic heterocycles. The van der Waals surface area contributed by atoms with E-state index in [1.54, 1.807) is 12.1 Å². The van der Waals surface area contributed by atoms with E-state index in [1.165, 1.54) is 18.6 Å². The van der Waals surface area contributed by atoms with E-state index in [4.69, 9.17) is 0 Å². The van der Waals surface area contributed by atoms with Gasteiger partial charge in [-0.1, -0.05) is 0 Å². The normalized spacial score (nSPS) is 14.1. The van der Waals surface area contributed by atoms with Crippen molar-refractivity contribution in [1.82, 2.24) is 9.97 Å². The number of rotatable bonds is 3. The molecule has 1 saturated carbocycles. The number of aromatic nitrogens is 3. The average molecular weight is 336 g/mol. The van der Waals surface area contributed by atoms with E-state index >= 15 is 0 Å². The lowest BCUT2D eigenvalue weighted by Gasteiger charge is -2.06. The fourth-order valence-corrected chi connectivity index (χ4v) is 2.22. The van der Waals surface area contributed by atoms with Gasteiger partial charge in [-0.05, 0) is 34.8 Å². The molecular formula is C13H12BrN4O2+. The van der Waals surface area contributed by atoms with Crippen LogP contribution in [0, 0.1) is 5.92 Å². The number of nitrogens with one attached hydrogen (secondary N) is 1. The summed E-state index contributed by atoms with van der Waals surface area (Å²) in [5, 5.41) is 12.2. The predicted molar refractivity (Wildman–Crippen MR) is 73.9 cm³/mol. The van der Waals surface area contributed by atoms with Crippen molar-refractivity contribution in [2.24, 2.45) is 5.92 Å². The van der Waals surface area contributed by atoms with Gasteiger partial charge in [0.05, 0.1) is 11.8 Å². The summed E-state index contributed by atoms with van der Waals surface area (Å²) in [7, 11) is 0. The lowest BCUT2D eigenvalue weighted by atomic mass is 10.2. The molecule has 0 aromatic carbocycles. The third kappa shape index (κ3) is 2.77. The molecule has 2 N–H and O–H groups in total. The zero-order valence-corrected chi connectivity index (χ0v) is 12.0. The summed E-state index contributed by atoms with van der Waals surface area (Å²) in [4.78, 5) is 20.3. The summed E-state index contributed by atoms with van der Waals surface area (Å²) in [6, 6.07) is 3.49. The number of carbonyl (C=O) groups is 1. The Hall–Kier alpha value is -2.02. The Labute approximate surface area is 123 Å². The fraction of sp³-hybridized carbons (Fsp3) is 0.231. The zero-order valence-electron chi connectivity index (χ0n) is 10.5. The Morgan fingerprint density at radius 1 is 1.50 bits per heavy atom. The second kappa shape index (κ2) is 5.16. The molecule has 2 heterocycles. The van der Waals surface area contributed by atoms with Crippen molar-refractivity contribution in [3.8, 4) is 11.3 Å². The minimum absolute atomic E-state index is 0.0159. The molecule has 3 rings (SSSR count). The van der Waals surface area contributed by atoms with Crippen molar-refractivity contribution >= 4 is 27.7 Å². The topological polar surface area (TPSA) is 79.0 Å². The maximum atomic E-state index is 11.7. The minimum atomic E-state index is -0.0159. The van der Waals surface area contributed by atoms with Crippen molar-refractivity contribution in [1.29, 1.82) is 0 Å². The van der Waals surface area contributed by atoms with Gasteiger partial charge in [0.15, 0.2) is 5.82 Å². The van der Waals surface area contributed by atoms with Crippen LogP contribution in [0.25, 0.3) is 11.3 Å². The molecule has 0 unspecified atom stereocenters. The van der Waals surface area contributed by atoms with Gasteiger partial charge < -0.3 is 5.32 Å². The molecule has 0 atom stereocenters. The van der Waals surface area contributed by atoms with E-state index in [1.807, 2.05) is 0 Å². The Bertz CT molecular complexity index is 673. The highest BCUT2D eigenvalue weighted by Gasteiger charge is 2.30. The highest BCUT2D eigenvalue weighted by Crippen LogP contribution is 2.30. The van der Waals surface area contributed by atoms with E-state index < -0.39 is 0 Å². The summed E-state index contributed by atoms with van der Waals surface area (Å²) >= 11 is 3.32. The second-order valence-corrected chi connectivity index (χ2v) is 5.38. The third-order valence-corrected chi connectivity index (χ3v) is 3.57. The number of carbonyl (C=O) groups excluding carboxylic acids is 1. The Morgan fingerprint density at radius 3 is 3.00 bits per heavy atom. The summed E-state index contributed by atoms with van der Waals surface area (Å²) in [6.07, 6.45) is 6.40. The van der Waals surface area contributed by atoms with Gasteiger partial charge in [0.1, 0.15) is 10.3 Å². The molecule has 0 spiro atoms. The molecule has 0 saturated heterocycles. The Kier molecular flexibility index (Phi) is 3.35. The Balaban J connectivity index is 1.91. The van der Waals surface area contributed by atoms with Crippen LogP contribution >= 0.6 is 15.9 Å².